The van der Waals surface area contributed by atoms with Crippen molar-refractivity contribution in [2.24, 2.45) is 0 Å². The molecule has 0 saturated heterocycles. The van der Waals surface area contributed by atoms with Gasteiger partial charge in [-0.3, -0.25) is 9.59 Å². The molecule has 0 spiro atoms. The number of hydrogen-bond acceptors (Lipinski definition) is 6. The SMILES string of the molecule is CC1=C(C(=O)Nc2cccc(C(F)(F)F)c2)[C@@H](c2ccco2)C(C#N)=C(SCC(=O)Nc2cccc(Cl)c2)N1. The third-order valence-electron chi connectivity index (χ3n) is 5.62. The molecule has 0 unspecified atom stereocenters. The molecule has 0 saturated carbocycles. The number of nitriles is 1. The van der Waals surface area contributed by atoms with Crippen molar-refractivity contribution in [3.63, 3.8) is 0 Å². The van der Waals surface area contributed by atoms with Crippen LogP contribution in [-0.2, 0) is 15.8 Å². The normalized spacial score (nSPS) is 15.4. The zero-order valence-corrected chi connectivity index (χ0v) is 21.8. The van der Waals surface area contributed by atoms with Crippen LogP contribution in [0.1, 0.15) is 24.2 Å². The highest BCUT2D eigenvalue weighted by Gasteiger charge is 2.37. The predicted molar refractivity (Wildman–Crippen MR) is 143 cm³/mol. The van der Waals surface area contributed by atoms with E-state index in [9.17, 15) is 28.0 Å². The lowest BCUT2D eigenvalue weighted by Gasteiger charge is -2.28. The Morgan fingerprint density at radius 3 is 2.46 bits per heavy atom. The third kappa shape index (κ3) is 6.66. The zero-order valence-electron chi connectivity index (χ0n) is 20.2. The van der Waals surface area contributed by atoms with Gasteiger partial charge in [-0.2, -0.15) is 18.4 Å². The van der Waals surface area contributed by atoms with Crippen LogP contribution in [0.3, 0.4) is 0 Å². The van der Waals surface area contributed by atoms with Crippen LogP contribution < -0.4 is 16.0 Å². The Labute approximate surface area is 230 Å². The lowest BCUT2D eigenvalue weighted by Crippen LogP contribution is -2.31. The van der Waals surface area contributed by atoms with Crippen molar-refractivity contribution in [3.05, 3.63) is 105 Å². The molecule has 1 atom stereocenters. The molecule has 3 N–H and O–H groups in total. The highest BCUT2D eigenvalue weighted by atomic mass is 35.5. The molecule has 1 aliphatic heterocycles. The Hall–Kier alpha value is -4.14. The van der Waals surface area contributed by atoms with Crippen LogP contribution in [0.4, 0.5) is 24.5 Å². The molecule has 1 aliphatic rings. The molecular weight excluding hydrogens is 553 g/mol. The van der Waals surface area contributed by atoms with E-state index >= 15 is 0 Å². The van der Waals surface area contributed by atoms with Crippen molar-refractivity contribution >= 4 is 46.6 Å². The maximum atomic E-state index is 13.4. The topological polar surface area (TPSA) is 107 Å². The van der Waals surface area contributed by atoms with Gasteiger partial charge in [0.15, 0.2) is 0 Å². The number of carbonyl (C=O) groups is 2. The van der Waals surface area contributed by atoms with Crippen LogP contribution in [0, 0.1) is 11.3 Å². The Morgan fingerprint density at radius 2 is 1.82 bits per heavy atom. The lowest BCUT2D eigenvalue weighted by atomic mass is 9.85. The number of dihydropyridines is 1. The van der Waals surface area contributed by atoms with Gasteiger partial charge in [-0.15, -0.1) is 0 Å². The van der Waals surface area contributed by atoms with Crippen LogP contribution in [0.5, 0.6) is 0 Å². The van der Waals surface area contributed by atoms with Crippen molar-refractivity contribution in [2.75, 3.05) is 16.4 Å². The second kappa shape index (κ2) is 11.7. The molecule has 2 aromatic carbocycles. The molecule has 4 rings (SSSR count). The van der Waals surface area contributed by atoms with Gasteiger partial charge in [0, 0.05) is 22.1 Å². The largest absolute Gasteiger partial charge is 0.468 e. The smallest absolute Gasteiger partial charge is 0.416 e. The monoisotopic (exact) mass is 572 g/mol. The first kappa shape index (κ1) is 27.9. The second-order valence-electron chi connectivity index (χ2n) is 8.35. The van der Waals surface area contributed by atoms with Crippen LogP contribution in [-0.4, -0.2) is 17.6 Å². The van der Waals surface area contributed by atoms with Crippen molar-refractivity contribution < 1.29 is 27.2 Å². The van der Waals surface area contributed by atoms with Gasteiger partial charge in [0.1, 0.15) is 5.76 Å². The van der Waals surface area contributed by atoms with Gasteiger partial charge < -0.3 is 20.4 Å². The van der Waals surface area contributed by atoms with E-state index in [-0.39, 0.29) is 34.3 Å². The van der Waals surface area contributed by atoms with Crippen LogP contribution in [0.25, 0.3) is 0 Å². The number of furan rings is 1. The molecule has 12 heteroatoms. The first-order valence-corrected chi connectivity index (χ1v) is 12.8. The standard InChI is InChI=1S/C27H20ClF3N4O3S/c1-15-23(25(37)35-18-7-2-5-16(11-18)27(29,30)31)24(21-9-4-10-38-21)20(13-32)26(33-15)39-14-22(36)34-19-8-3-6-17(28)12-19/h2-12,24,33H,14H2,1H3,(H,34,36)(H,35,37)/t24-/m1/s1. The quantitative estimate of drug-likeness (QED) is 0.292. The Bertz CT molecular complexity index is 1510. The highest BCUT2D eigenvalue weighted by Crippen LogP contribution is 2.41. The third-order valence-corrected chi connectivity index (χ3v) is 6.88. The number of anilines is 2. The number of alkyl halides is 3. The Kier molecular flexibility index (Phi) is 8.38. The van der Waals surface area contributed by atoms with E-state index in [1.807, 2.05) is 0 Å². The number of amides is 2. The first-order valence-electron chi connectivity index (χ1n) is 11.4. The molecule has 39 heavy (non-hydrogen) atoms. The van der Waals surface area contributed by atoms with E-state index in [2.05, 4.69) is 22.0 Å². The van der Waals surface area contributed by atoms with Crippen molar-refractivity contribution in [3.8, 4) is 6.07 Å². The van der Waals surface area contributed by atoms with E-state index < -0.39 is 23.6 Å². The fraction of sp³-hybridized carbons (Fsp3) is 0.148. The molecule has 0 radical (unpaired) electrons. The summed E-state index contributed by atoms with van der Waals surface area (Å²) < 4.78 is 45.0. The van der Waals surface area contributed by atoms with Gasteiger partial charge in [-0.05, 0) is 55.5 Å². The van der Waals surface area contributed by atoms with Gasteiger partial charge in [0.2, 0.25) is 5.91 Å². The fourth-order valence-corrected chi connectivity index (χ4v) is 5.02. The van der Waals surface area contributed by atoms with Gasteiger partial charge >= 0.3 is 6.18 Å². The summed E-state index contributed by atoms with van der Waals surface area (Å²) in [6.45, 7) is 1.59. The van der Waals surface area contributed by atoms with Crippen LogP contribution in [0.15, 0.2) is 93.2 Å². The molecule has 1 aromatic heterocycles. The molecule has 0 aliphatic carbocycles. The number of halogens is 4. The van der Waals surface area contributed by atoms with E-state index in [4.69, 9.17) is 16.0 Å². The Balaban J connectivity index is 1.59. The summed E-state index contributed by atoms with van der Waals surface area (Å²) in [5, 5.41) is 19.1. The number of benzene rings is 2. The number of carbonyl (C=O) groups excluding carboxylic acids is 2. The van der Waals surface area contributed by atoms with E-state index in [1.54, 1.807) is 43.3 Å². The van der Waals surface area contributed by atoms with Crippen molar-refractivity contribution in [2.45, 2.75) is 19.0 Å². The number of nitrogens with zero attached hydrogens (tertiary/aromatic N) is 1. The summed E-state index contributed by atoms with van der Waals surface area (Å²) in [6, 6.07) is 16.2. The number of hydrogen-bond donors (Lipinski definition) is 3. The molecule has 0 fully saturated rings. The summed E-state index contributed by atoms with van der Waals surface area (Å²) >= 11 is 7.01. The van der Waals surface area contributed by atoms with Gasteiger partial charge in [0.05, 0.1) is 45.7 Å². The first-order chi connectivity index (χ1) is 18.6. The summed E-state index contributed by atoms with van der Waals surface area (Å²) in [7, 11) is 0. The molecule has 200 valence electrons. The maximum absolute atomic E-state index is 13.4. The van der Waals surface area contributed by atoms with Crippen LogP contribution >= 0.6 is 23.4 Å². The van der Waals surface area contributed by atoms with E-state index in [0.29, 0.717) is 21.4 Å². The minimum Gasteiger partial charge on any atom is -0.468 e. The second-order valence-corrected chi connectivity index (χ2v) is 9.77. The molecule has 2 heterocycles. The molecule has 7 nitrogen and oxygen atoms in total. The summed E-state index contributed by atoms with van der Waals surface area (Å²) in [4.78, 5) is 25.9. The number of rotatable bonds is 7. The molecule has 3 aromatic rings. The minimum absolute atomic E-state index is 0.0614. The van der Waals surface area contributed by atoms with Gasteiger partial charge in [-0.25, -0.2) is 0 Å². The van der Waals surface area contributed by atoms with Crippen molar-refractivity contribution in [1.29, 1.82) is 5.26 Å². The zero-order chi connectivity index (χ0) is 28.2. The molecule has 0 bridgehead atoms. The maximum Gasteiger partial charge on any atom is 0.416 e. The van der Waals surface area contributed by atoms with Crippen molar-refractivity contribution in [1.82, 2.24) is 5.32 Å². The lowest BCUT2D eigenvalue weighted by molar-refractivity contribution is -0.137. The van der Waals surface area contributed by atoms with Gasteiger partial charge in [0.25, 0.3) is 5.91 Å². The van der Waals surface area contributed by atoms with Crippen LogP contribution in [0.2, 0.25) is 5.02 Å². The summed E-state index contributed by atoms with van der Waals surface area (Å²) in [5.41, 5.74) is 0.0863. The summed E-state index contributed by atoms with van der Waals surface area (Å²) in [5.74, 6) is -1.81. The number of nitrogens with one attached hydrogen (secondary N) is 3. The van der Waals surface area contributed by atoms with E-state index in [0.717, 1.165) is 23.9 Å². The molecule has 2 amide bonds. The fourth-order valence-electron chi connectivity index (χ4n) is 3.94. The number of allylic oxidation sites excluding steroid dienone is 2. The number of thioether (sulfide) groups is 1. The van der Waals surface area contributed by atoms with E-state index in [1.165, 1.54) is 18.4 Å². The average molecular weight is 573 g/mol. The predicted octanol–water partition coefficient (Wildman–Crippen LogP) is 6.66. The average Bonchev–Trinajstić information content (AvgIpc) is 3.41. The highest BCUT2D eigenvalue weighted by molar-refractivity contribution is 8.03. The molecular formula is C27H20ClF3N4O3S. The minimum atomic E-state index is -4.58. The Morgan fingerprint density at radius 1 is 1.10 bits per heavy atom. The summed E-state index contributed by atoms with van der Waals surface area (Å²) in [6.07, 6.45) is -3.20. The van der Waals surface area contributed by atoms with Gasteiger partial charge in [-0.1, -0.05) is 35.5 Å².